The minimum Gasteiger partial charge on any atom is -0.399 e. The van der Waals surface area contributed by atoms with Crippen LogP contribution < -0.4 is 15.2 Å². The summed E-state index contributed by atoms with van der Waals surface area (Å²) in [6, 6.07) is 5.26. The summed E-state index contributed by atoms with van der Waals surface area (Å²) < 4.78 is 29.5. The molecule has 0 radical (unpaired) electrons. The van der Waals surface area contributed by atoms with E-state index in [1.807, 2.05) is 0 Å². The number of nitrogen functional groups attached to an aromatic ring is 1. The first kappa shape index (κ1) is 14.0. The molecule has 2 rings (SSSR count). The number of fused-ring (bicyclic) bond motifs is 1. The second-order valence-electron chi connectivity index (χ2n) is 5.20. The van der Waals surface area contributed by atoms with Gasteiger partial charge in [-0.1, -0.05) is 11.3 Å². The molecule has 1 heterocycles. The third kappa shape index (κ3) is 3.79. The van der Waals surface area contributed by atoms with E-state index >= 15 is 0 Å². The molecule has 8 heteroatoms. The van der Waals surface area contributed by atoms with Crippen molar-refractivity contribution in [3.63, 3.8) is 0 Å². The Morgan fingerprint density at radius 3 is 2.63 bits per heavy atom. The highest BCUT2D eigenvalue weighted by Crippen LogP contribution is 2.28. The monoisotopic (exact) mass is 300 g/mol. The Balaban J connectivity index is 2.26. The van der Waals surface area contributed by atoms with Crippen molar-refractivity contribution in [2.45, 2.75) is 26.3 Å². The van der Waals surface area contributed by atoms with Crippen molar-refractivity contribution in [2.75, 3.05) is 10.5 Å². The molecular weight excluding hydrogens is 284 g/mol. The van der Waals surface area contributed by atoms with Gasteiger partial charge in [0.05, 0.1) is 10.2 Å². The van der Waals surface area contributed by atoms with E-state index in [1.54, 1.807) is 39.0 Å². The molecule has 0 unspecified atom stereocenters. The van der Waals surface area contributed by atoms with E-state index in [4.69, 9.17) is 5.73 Å². The molecule has 6 nitrogen and oxygen atoms in total. The van der Waals surface area contributed by atoms with Crippen LogP contribution >= 0.6 is 11.3 Å². The number of nitrogens with zero attached hydrogens (tertiary/aromatic N) is 1. The summed E-state index contributed by atoms with van der Waals surface area (Å²) in [5, 5.41) is 0.317. The van der Waals surface area contributed by atoms with Crippen LogP contribution in [-0.4, -0.2) is 18.9 Å². The third-order valence-electron chi connectivity index (χ3n) is 2.07. The Bertz CT molecular complexity index is 701. The lowest BCUT2D eigenvalue weighted by Crippen LogP contribution is -2.43. The molecule has 0 atom stereocenters. The smallest absolute Gasteiger partial charge is 0.301 e. The van der Waals surface area contributed by atoms with Gasteiger partial charge in [0.25, 0.3) is 0 Å². The van der Waals surface area contributed by atoms with Crippen LogP contribution in [-0.2, 0) is 10.2 Å². The van der Waals surface area contributed by atoms with E-state index in [-0.39, 0.29) is 0 Å². The largest absolute Gasteiger partial charge is 0.399 e. The van der Waals surface area contributed by atoms with Gasteiger partial charge < -0.3 is 5.73 Å². The predicted octanol–water partition coefficient (Wildman–Crippen LogP) is 1.92. The van der Waals surface area contributed by atoms with Gasteiger partial charge in [-0.05, 0) is 39.0 Å². The van der Waals surface area contributed by atoms with Crippen LogP contribution in [0.2, 0.25) is 0 Å². The molecule has 0 spiro atoms. The summed E-state index contributed by atoms with van der Waals surface area (Å²) in [4.78, 5) is 4.20. The average Bonchev–Trinajstić information content (AvgIpc) is 2.53. The number of thiazole rings is 1. The minimum atomic E-state index is -3.63. The molecule has 0 saturated heterocycles. The maximum absolute atomic E-state index is 11.9. The van der Waals surface area contributed by atoms with E-state index < -0.39 is 15.7 Å². The molecule has 0 aliphatic heterocycles. The fourth-order valence-corrected chi connectivity index (χ4v) is 3.92. The molecule has 0 saturated carbocycles. The summed E-state index contributed by atoms with van der Waals surface area (Å²) in [7, 11) is -3.63. The van der Waals surface area contributed by atoms with Gasteiger partial charge in [-0.3, -0.25) is 0 Å². The molecule has 1 aromatic heterocycles. The van der Waals surface area contributed by atoms with Crippen LogP contribution in [0.1, 0.15) is 20.8 Å². The lowest BCUT2D eigenvalue weighted by molar-refractivity contribution is 0.494. The number of anilines is 2. The maximum atomic E-state index is 11.9. The molecule has 1 aromatic carbocycles. The first-order valence-electron chi connectivity index (χ1n) is 5.62. The average molecular weight is 300 g/mol. The van der Waals surface area contributed by atoms with Crippen molar-refractivity contribution in [3.8, 4) is 0 Å². The Kier molecular flexibility index (Phi) is 3.41. The number of hydrogen-bond acceptors (Lipinski definition) is 5. The number of nitrogens with one attached hydrogen (secondary N) is 2. The Morgan fingerprint density at radius 2 is 2.00 bits per heavy atom. The third-order valence-corrected chi connectivity index (χ3v) is 4.48. The molecule has 0 bridgehead atoms. The van der Waals surface area contributed by atoms with E-state index in [9.17, 15) is 8.42 Å². The molecule has 104 valence electrons. The quantitative estimate of drug-likeness (QED) is 0.754. The zero-order valence-electron chi connectivity index (χ0n) is 10.9. The van der Waals surface area contributed by atoms with Crippen molar-refractivity contribution in [1.29, 1.82) is 0 Å². The lowest BCUT2D eigenvalue weighted by atomic mass is 10.1. The summed E-state index contributed by atoms with van der Waals surface area (Å²) in [6.07, 6.45) is 0. The Labute approximate surface area is 116 Å². The molecule has 0 aliphatic carbocycles. The fraction of sp³-hybridized carbons (Fsp3) is 0.364. The van der Waals surface area contributed by atoms with Gasteiger partial charge in [0, 0.05) is 11.2 Å². The van der Waals surface area contributed by atoms with E-state index in [0.717, 1.165) is 4.70 Å². The summed E-state index contributed by atoms with van der Waals surface area (Å²) in [5.74, 6) is 0. The highest BCUT2D eigenvalue weighted by atomic mass is 32.2. The predicted molar refractivity (Wildman–Crippen MR) is 79.5 cm³/mol. The van der Waals surface area contributed by atoms with Crippen LogP contribution in [0, 0.1) is 0 Å². The number of aromatic nitrogens is 1. The second-order valence-corrected chi connectivity index (χ2v) is 7.65. The molecule has 0 aliphatic rings. The zero-order valence-corrected chi connectivity index (χ0v) is 12.5. The van der Waals surface area contributed by atoms with Crippen molar-refractivity contribution >= 4 is 42.6 Å². The first-order valence-corrected chi connectivity index (χ1v) is 7.92. The van der Waals surface area contributed by atoms with Gasteiger partial charge in [0.15, 0.2) is 5.13 Å². The maximum Gasteiger partial charge on any atom is 0.301 e. The van der Waals surface area contributed by atoms with Gasteiger partial charge in [0.1, 0.15) is 0 Å². The number of benzene rings is 1. The van der Waals surface area contributed by atoms with Crippen LogP contribution in [0.3, 0.4) is 0 Å². The fourth-order valence-electron chi connectivity index (χ4n) is 1.53. The van der Waals surface area contributed by atoms with Crippen molar-refractivity contribution in [3.05, 3.63) is 18.2 Å². The Morgan fingerprint density at radius 1 is 1.32 bits per heavy atom. The molecule has 0 fully saturated rings. The number of hydrogen-bond donors (Lipinski definition) is 3. The van der Waals surface area contributed by atoms with Crippen molar-refractivity contribution in [2.24, 2.45) is 0 Å². The highest BCUT2D eigenvalue weighted by Gasteiger charge is 2.20. The number of nitrogens with two attached hydrogens (primary N) is 1. The van der Waals surface area contributed by atoms with Crippen molar-refractivity contribution in [1.82, 2.24) is 9.71 Å². The molecular formula is C11H16N4O2S2. The summed E-state index contributed by atoms with van der Waals surface area (Å²) in [5.41, 5.74) is 6.46. The summed E-state index contributed by atoms with van der Waals surface area (Å²) in [6.45, 7) is 5.31. The van der Waals surface area contributed by atoms with Crippen LogP contribution in [0.25, 0.3) is 10.2 Å². The van der Waals surface area contributed by atoms with Gasteiger partial charge in [-0.15, -0.1) is 0 Å². The zero-order chi connectivity index (χ0) is 14.3. The molecule has 4 N–H and O–H groups in total. The normalized spacial score (nSPS) is 12.8. The van der Waals surface area contributed by atoms with Gasteiger partial charge in [-0.25, -0.2) is 9.71 Å². The lowest BCUT2D eigenvalue weighted by Gasteiger charge is -2.19. The van der Waals surface area contributed by atoms with Crippen LogP contribution in [0.15, 0.2) is 18.2 Å². The van der Waals surface area contributed by atoms with Crippen molar-refractivity contribution < 1.29 is 8.42 Å². The first-order chi connectivity index (χ1) is 8.65. The van der Waals surface area contributed by atoms with E-state index in [0.29, 0.717) is 16.3 Å². The minimum absolute atomic E-state index is 0.317. The SMILES string of the molecule is CC(C)(C)NS(=O)(=O)Nc1nc2ccc(N)cc2s1. The molecule has 2 aromatic rings. The molecule has 0 amide bonds. The van der Waals surface area contributed by atoms with Gasteiger partial charge in [-0.2, -0.15) is 13.1 Å². The van der Waals surface area contributed by atoms with Crippen LogP contribution in [0.4, 0.5) is 10.8 Å². The topological polar surface area (TPSA) is 97.1 Å². The summed E-state index contributed by atoms with van der Waals surface area (Å²) >= 11 is 1.24. The van der Waals surface area contributed by atoms with Gasteiger partial charge >= 0.3 is 10.2 Å². The Hall–Kier alpha value is -1.38. The standard InChI is InChI=1S/C11H16N4O2S2/c1-11(2,3)15-19(16,17)14-10-13-8-5-4-7(12)6-9(8)18-10/h4-6,15H,12H2,1-3H3,(H,13,14). The second kappa shape index (κ2) is 4.62. The van der Waals surface area contributed by atoms with Crippen LogP contribution in [0.5, 0.6) is 0 Å². The van der Waals surface area contributed by atoms with E-state index in [2.05, 4.69) is 14.4 Å². The highest BCUT2D eigenvalue weighted by molar-refractivity contribution is 7.91. The molecule has 19 heavy (non-hydrogen) atoms. The van der Waals surface area contributed by atoms with Gasteiger partial charge in [0.2, 0.25) is 0 Å². The van der Waals surface area contributed by atoms with E-state index in [1.165, 1.54) is 11.3 Å². The number of rotatable bonds is 3.